The standard InChI is InChI=1S/C21H21N5O/c22-19-2-1-16(15-3-6-24-7-4-15)13-18(19)21(23)17-5-8-25-20(14-17)26-9-11-27-12-10-26/h1-8,13-14,23H,9-12,22H2. The van der Waals surface area contributed by atoms with Crippen LogP contribution < -0.4 is 10.6 Å². The lowest BCUT2D eigenvalue weighted by molar-refractivity contribution is 0.122. The summed E-state index contributed by atoms with van der Waals surface area (Å²) in [7, 11) is 0. The molecule has 1 aromatic carbocycles. The average molecular weight is 359 g/mol. The summed E-state index contributed by atoms with van der Waals surface area (Å²) in [6.07, 6.45) is 5.26. The maximum atomic E-state index is 8.72. The Hall–Kier alpha value is -3.25. The largest absolute Gasteiger partial charge is 0.398 e. The van der Waals surface area contributed by atoms with Crippen LogP contribution in [0.15, 0.2) is 61.1 Å². The zero-order valence-electron chi connectivity index (χ0n) is 14.9. The molecule has 0 aliphatic carbocycles. The molecule has 1 aliphatic rings. The highest BCUT2D eigenvalue weighted by atomic mass is 16.5. The Labute approximate surface area is 158 Å². The van der Waals surface area contributed by atoms with Crippen LogP contribution in [0.3, 0.4) is 0 Å². The second-order valence-corrected chi connectivity index (χ2v) is 6.42. The first-order valence-electron chi connectivity index (χ1n) is 8.90. The third-order valence-electron chi connectivity index (χ3n) is 4.71. The number of anilines is 2. The first kappa shape index (κ1) is 17.2. The van der Waals surface area contributed by atoms with Gasteiger partial charge in [-0.1, -0.05) is 6.07 Å². The quantitative estimate of drug-likeness (QED) is 0.552. The van der Waals surface area contributed by atoms with Crippen LogP contribution in [-0.2, 0) is 4.74 Å². The van der Waals surface area contributed by atoms with E-state index in [4.69, 9.17) is 15.9 Å². The number of hydrogen-bond acceptors (Lipinski definition) is 6. The van der Waals surface area contributed by atoms with Crippen molar-refractivity contribution in [1.29, 1.82) is 5.41 Å². The molecule has 3 N–H and O–H groups in total. The van der Waals surface area contributed by atoms with E-state index < -0.39 is 0 Å². The molecule has 0 amide bonds. The summed E-state index contributed by atoms with van der Waals surface area (Å²) in [5.74, 6) is 0.865. The monoisotopic (exact) mass is 359 g/mol. The Morgan fingerprint density at radius 1 is 0.963 bits per heavy atom. The highest BCUT2D eigenvalue weighted by Gasteiger charge is 2.15. The van der Waals surface area contributed by atoms with Gasteiger partial charge in [0.2, 0.25) is 0 Å². The fourth-order valence-electron chi connectivity index (χ4n) is 3.19. The molecule has 0 bridgehead atoms. The summed E-state index contributed by atoms with van der Waals surface area (Å²) in [6.45, 7) is 3.02. The second kappa shape index (κ2) is 7.55. The van der Waals surface area contributed by atoms with Crippen molar-refractivity contribution in [3.63, 3.8) is 0 Å². The number of pyridine rings is 2. The van der Waals surface area contributed by atoms with Crippen molar-refractivity contribution in [2.75, 3.05) is 36.9 Å². The molecule has 3 aromatic rings. The van der Waals surface area contributed by atoms with Crippen LogP contribution in [0.5, 0.6) is 0 Å². The summed E-state index contributed by atoms with van der Waals surface area (Å²) in [6, 6.07) is 13.5. The molecule has 0 atom stereocenters. The van der Waals surface area contributed by atoms with Crippen molar-refractivity contribution in [3.05, 3.63) is 72.2 Å². The van der Waals surface area contributed by atoms with Gasteiger partial charge in [0.1, 0.15) is 5.82 Å². The van der Waals surface area contributed by atoms with Crippen LogP contribution in [0.2, 0.25) is 0 Å². The fraction of sp³-hybridized carbons (Fsp3) is 0.190. The predicted molar refractivity (Wildman–Crippen MR) is 107 cm³/mol. The number of ether oxygens (including phenoxy) is 1. The second-order valence-electron chi connectivity index (χ2n) is 6.42. The topological polar surface area (TPSA) is 88.1 Å². The summed E-state index contributed by atoms with van der Waals surface area (Å²) in [5.41, 5.74) is 10.7. The number of nitrogens with two attached hydrogens (primary N) is 1. The minimum absolute atomic E-state index is 0.389. The van der Waals surface area contributed by atoms with Crippen LogP contribution in [0.4, 0.5) is 11.5 Å². The number of hydrogen-bond donors (Lipinski definition) is 2. The first-order chi connectivity index (χ1) is 13.2. The van der Waals surface area contributed by atoms with Gasteiger partial charge in [-0.05, 0) is 47.5 Å². The smallest absolute Gasteiger partial charge is 0.129 e. The molecule has 1 saturated heterocycles. The third-order valence-corrected chi connectivity index (χ3v) is 4.71. The van der Waals surface area contributed by atoms with Gasteiger partial charge in [-0.3, -0.25) is 10.4 Å². The van der Waals surface area contributed by atoms with Crippen molar-refractivity contribution in [3.8, 4) is 11.1 Å². The van der Waals surface area contributed by atoms with Crippen LogP contribution in [0.1, 0.15) is 11.1 Å². The maximum absolute atomic E-state index is 8.72. The third kappa shape index (κ3) is 3.66. The van der Waals surface area contributed by atoms with Gasteiger partial charge in [-0.25, -0.2) is 4.98 Å². The van der Waals surface area contributed by atoms with Crippen LogP contribution >= 0.6 is 0 Å². The van der Waals surface area contributed by atoms with E-state index in [1.165, 1.54) is 0 Å². The Kier molecular flexibility index (Phi) is 4.80. The molecule has 1 aliphatic heterocycles. The number of nitrogens with zero attached hydrogens (tertiary/aromatic N) is 3. The van der Waals surface area contributed by atoms with Gasteiger partial charge in [0, 0.05) is 48.5 Å². The number of nitrogen functional groups attached to an aromatic ring is 1. The number of rotatable bonds is 4. The highest BCUT2D eigenvalue weighted by molar-refractivity contribution is 6.14. The van der Waals surface area contributed by atoms with Gasteiger partial charge in [-0.2, -0.15) is 0 Å². The number of nitrogens with one attached hydrogen (secondary N) is 1. The lowest BCUT2D eigenvalue weighted by Gasteiger charge is -2.28. The van der Waals surface area contributed by atoms with E-state index in [0.29, 0.717) is 30.2 Å². The molecule has 3 heterocycles. The van der Waals surface area contributed by atoms with Gasteiger partial charge < -0.3 is 15.4 Å². The van der Waals surface area contributed by atoms with Crippen molar-refractivity contribution >= 4 is 17.2 Å². The van der Waals surface area contributed by atoms with Crippen LogP contribution in [0.25, 0.3) is 11.1 Å². The zero-order valence-corrected chi connectivity index (χ0v) is 14.9. The summed E-state index contributed by atoms with van der Waals surface area (Å²) in [4.78, 5) is 10.7. The number of benzene rings is 1. The van der Waals surface area contributed by atoms with Crippen molar-refractivity contribution in [1.82, 2.24) is 9.97 Å². The SMILES string of the molecule is N=C(c1ccnc(N2CCOCC2)c1)c1cc(-c2ccncc2)ccc1N. The van der Waals surface area contributed by atoms with E-state index in [1.54, 1.807) is 18.6 Å². The maximum Gasteiger partial charge on any atom is 0.129 e. The molecular weight excluding hydrogens is 338 g/mol. The average Bonchev–Trinajstić information content (AvgIpc) is 2.75. The van der Waals surface area contributed by atoms with E-state index in [2.05, 4.69) is 14.9 Å². The predicted octanol–water partition coefficient (Wildman–Crippen LogP) is 2.98. The normalized spacial score (nSPS) is 14.1. The van der Waals surface area contributed by atoms with Gasteiger partial charge in [-0.15, -0.1) is 0 Å². The Balaban J connectivity index is 1.66. The molecule has 0 spiro atoms. The van der Waals surface area contributed by atoms with E-state index in [-0.39, 0.29) is 0 Å². The van der Waals surface area contributed by atoms with Gasteiger partial charge in [0.15, 0.2) is 0 Å². The lowest BCUT2D eigenvalue weighted by Crippen LogP contribution is -2.36. The number of morpholine rings is 1. The lowest BCUT2D eigenvalue weighted by atomic mass is 9.97. The molecule has 6 nitrogen and oxygen atoms in total. The molecule has 0 radical (unpaired) electrons. The molecule has 0 unspecified atom stereocenters. The minimum Gasteiger partial charge on any atom is -0.398 e. The Bertz CT molecular complexity index is 952. The molecule has 0 saturated carbocycles. The summed E-state index contributed by atoms with van der Waals surface area (Å²) in [5, 5.41) is 8.72. The van der Waals surface area contributed by atoms with E-state index in [1.807, 2.05) is 42.5 Å². The molecule has 1 fully saturated rings. The highest BCUT2D eigenvalue weighted by Crippen LogP contribution is 2.26. The van der Waals surface area contributed by atoms with E-state index >= 15 is 0 Å². The van der Waals surface area contributed by atoms with Gasteiger partial charge >= 0.3 is 0 Å². The van der Waals surface area contributed by atoms with Crippen molar-refractivity contribution in [2.45, 2.75) is 0 Å². The van der Waals surface area contributed by atoms with Crippen LogP contribution in [-0.4, -0.2) is 42.0 Å². The summed E-state index contributed by atoms with van der Waals surface area (Å²) < 4.78 is 5.41. The minimum atomic E-state index is 0.389. The molecular formula is C21H21N5O. The van der Waals surface area contributed by atoms with Crippen molar-refractivity contribution < 1.29 is 4.74 Å². The Morgan fingerprint density at radius 3 is 2.52 bits per heavy atom. The van der Waals surface area contributed by atoms with Crippen molar-refractivity contribution in [2.24, 2.45) is 0 Å². The molecule has 2 aromatic heterocycles. The van der Waals surface area contributed by atoms with E-state index in [0.717, 1.165) is 35.6 Å². The van der Waals surface area contributed by atoms with Gasteiger partial charge in [0.25, 0.3) is 0 Å². The number of aromatic nitrogens is 2. The first-order valence-corrected chi connectivity index (χ1v) is 8.90. The fourth-order valence-corrected chi connectivity index (χ4v) is 3.19. The molecule has 6 heteroatoms. The molecule has 4 rings (SSSR count). The molecule has 136 valence electrons. The molecule has 27 heavy (non-hydrogen) atoms. The van der Waals surface area contributed by atoms with Crippen LogP contribution in [0, 0.1) is 5.41 Å². The zero-order chi connectivity index (χ0) is 18.6. The Morgan fingerprint density at radius 2 is 1.74 bits per heavy atom. The summed E-state index contributed by atoms with van der Waals surface area (Å²) >= 11 is 0. The van der Waals surface area contributed by atoms with E-state index in [9.17, 15) is 0 Å². The van der Waals surface area contributed by atoms with Gasteiger partial charge in [0.05, 0.1) is 18.9 Å².